The summed E-state index contributed by atoms with van der Waals surface area (Å²) in [4.78, 5) is 0. The molecule has 0 aliphatic carbocycles. The van der Waals surface area contributed by atoms with E-state index in [-0.39, 0.29) is 18.3 Å². The zero-order valence-corrected chi connectivity index (χ0v) is 16.2. The van der Waals surface area contributed by atoms with Crippen molar-refractivity contribution >= 4 is 15.1 Å². The van der Waals surface area contributed by atoms with Crippen LogP contribution < -0.4 is 0 Å². The summed E-state index contributed by atoms with van der Waals surface area (Å²) in [5, 5.41) is 0. The summed E-state index contributed by atoms with van der Waals surface area (Å²) in [7, 11) is 5.01. The van der Waals surface area contributed by atoms with Gasteiger partial charge in [-0.15, -0.1) is 0 Å². The third-order valence-corrected chi connectivity index (χ3v) is 5.16. The minimum absolute atomic E-state index is 0.0123. The van der Waals surface area contributed by atoms with Crippen molar-refractivity contribution < 1.29 is 25.6 Å². The highest BCUT2D eigenvalue weighted by molar-refractivity contribution is 6.36. The van der Waals surface area contributed by atoms with Crippen LogP contribution in [0.25, 0.3) is 0 Å². The Morgan fingerprint density at radius 1 is 0.591 bits per heavy atom. The highest BCUT2D eigenvalue weighted by Gasteiger charge is 2.38. The summed E-state index contributed by atoms with van der Waals surface area (Å²) < 4.78 is 33.7. The lowest BCUT2D eigenvalue weighted by Gasteiger charge is -2.26. The fourth-order valence-electron chi connectivity index (χ4n) is 1.89. The smallest absolute Gasteiger partial charge is 0.450 e. The lowest BCUT2D eigenvalue weighted by Crippen LogP contribution is -2.41. The Morgan fingerprint density at radius 3 is 1.05 bits per heavy atom. The largest absolute Gasteiger partial charge is 0.906 e. The van der Waals surface area contributed by atoms with Crippen LogP contribution in [0.4, 0.5) is 0 Å². The average Bonchev–Trinajstić information content (AvgIpc) is 2.53. The van der Waals surface area contributed by atoms with Crippen molar-refractivity contribution in [3.63, 3.8) is 0 Å². The quantitative estimate of drug-likeness (QED) is 0.428. The highest BCUT2D eigenvalue weighted by Crippen LogP contribution is 2.12. The minimum atomic E-state index is -2.30. The molecule has 0 radical (unpaired) electrons. The molecule has 0 aromatic rings. The van der Waals surface area contributed by atoms with E-state index in [1.165, 1.54) is 0 Å². The Bertz CT molecular complexity index is 206. The summed E-state index contributed by atoms with van der Waals surface area (Å²) in [6.07, 6.45) is 2.52. The Balaban J connectivity index is 4.71. The van der Waals surface area contributed by atoms with Crippen molar-refractivity contribution in [2.45, 2.75) is 58.3 Å². The van der Waals surface area contributed by atoms with Gasteiger partial charge in [0, 0.05) is 21.3 Å². The van der Waals surface area contributed by atoms with Crippen molar-refractivity contribution in [2.75, 3.05) is 41.2 Å². The summed E-state index contributed by atoms with van der Waals surface area (Å²) in [6.45, 7) is 7.80. The SMILES string of the molecule is CCC(COC)[O][Al]([O]C(CC)COC)[O]C(CC)COC. The van der Waals surface area contributed by atoms with Crippen LogP contribution in [-0.4, -0.2) is 74.6 Å². The summed E-state index contributed by atoms with van der Waals surface area (Å²) >= 11 is -2.30. The van der Waals surface area contributed by atoms with E-state index in [1.807, 2.05) is 0 Å². The molecular formula is C15H33AlO6. The lowest BCUT2D eigenvalue weighted by molar-refractivity contribution is -0.0411. The second-order valence-corrected chi connectivity index (χ2v) is 6.55. The maximum Gasteiger partial charge on any atom is 0.906 e. The van der Waals surface area contributed by atoms with E-state index in [9.17, 15) is 0 Å². The van der Waals surface area contributed by atoms with Gasteiger partial charge < -0.3 is 25.6 Å². The summed E-state index contributed by atoms with van der Waals surface area (Å²) in [5.74, 6) is 0. The molecule has 0 aromatic heterocycles. The molecule has 7 heteroatoms. The highest BCUT2D eigenvalue weighted by atomic mass is 27.3. The van der Waals surface area contributed by atoms with Gasteiger partial charge in [-0.05, 0) is 19.3 Å². The van der Waals surface area contributed by atoms with Gasteiger partial charge in [-0.2, -0.15) is 0 Å². The molecule has 0 aromatic carbocycles. The molecular weight excluding hydrogens is 303 g/mol. The third kappa shape index (κ3) is 10.1. The molecule has 0 rings (SSSR count). The normalized spacial score (nSPS) is 15.5. The molecule has 0 N–H and O–H groups in total. The monoisotopic (exact) mass is 336 g/mol. The second-order valence-electron chi connectivity index (χ2n) is 5.15. The maximum atomic E-state index is 6.06. The van der Waals surface area contributed by atoms with Crippen molar-refractivity contribution in [1.82, 2.24) is 0 Å². The maximum absolute atomic E-state index is 6.06. The number of rotatable bonds is 15. The van der Waals surface area contributed by atoms with E-state index in [0.717, 1.165) is 19.3 Å². The number of methoxy groups -OCH3 is 3. The van der Waals surface area contributed by atoms with Crippen molar-refractivity contribution in [3.05, 3.63) is 0 Å². The van der Waals surface area contributed by atoms with Crippen LogP contribution in [0.1, 0.15) is 40.0 Å². The molecule has 0 saturated heterocycles. The van der Waals surface area contributed by atoms with Gasteiger partial charge in [0.2, 0.25) is 0 Å². The minimum Gasteiger partial charge on any atom is -0.450 e. The molecule has 0 amide bonds. The van der Waals surface area contributed by atoms with Gasteiger partial charge in [-0.25, -0.2) is 0 Å². The zero-order chi connectivity index (χ0) is 16.8. The van der Waals surface area contributed by atoms with Gasteiger partial charge in [-0.1, -0.05) is 20.8 Å². The zero-order valence-electron chi connectivity index (χ0n) is 15.0. The average molecular weight is 336 g/mol. The van der Waals surface area contributed by atoms with Crippen molar-refractivity contribution in [1.29, 1.82) is 0 Å². The van der Waals surface area contributed by atoms with E-state index < -0.39 is 15.1 Å². The number of hydrogen-bond donors (Lipinski definition) is 0. The first-order valence-electron chi connectivity index (χ1n) is 8.08. The van der Waals surface area contributed by atoms with Crippen molar-refractivity contribution in [3.8, 4) is 0 Å². The molecule has 0 fully saturated rings. The van der Waals surface area contributed by atoms with Gasteiger partial charge in [0.05, 0.1) is 38.1 Å². The Hall–Kier alpha value is 0.292. The summed E-state index contributed by atoms with van der Waals surface area (Å²) in [6, 6.07) is 0. The number of hydrogen-bond acceptors (Lipinski definition) is 6. The van der Waals surface area contributed by atoms with Crippen LogP contribution in [0.15, 0.2) is 0 Å². The first-order valence-corrected chi connectivity index (χ1v) is 9.49. The molecule has 0 aliphatic heterocycles. The van der Waals surface area contributed by atoms with Gasteiger partial charge in [0.25, 0.3) is 0 Å². The number of ether oxygens (including phenoxy) is 3. The van der Waals surface area contributed by atoms with Crippen LogP contribution in [0, 0.1) is 0 Å². The molecule has 0 bridgehead atoms. The summed E-state index contributed by atoms with van der Waals surface area (Å²) in [5.41, 5.74) is 0. The van der Waals surface area contributed by atoms with Crippen molar-refractivity contribution in [2.24, 2.45) is 0 Å². The van der Waals surface area contributed by atoms with E-state index >= 15 is 0 Å². The van der Waals surface area contributed by atoms with Gasteiger partial charge >= 0.3 is 15.1 Å². The fraction of sp³-hybridized carbons (Fsp3) is 1.00. The Kier molecular flexibility index (Phi) is 15.1. The first kappa shape index (κ1) is 22.3. The lowest BCUT2D eigenvalue weighted by atomic mass is 10.3. The molecule has 0 aliphatic rings. The van der Waals surface area contributed by atoms with Crippen LogP contribution in [-0.2, 0) is 25.6 Å². The van der Waals surface area contributed by atoms with Crippen LogP contribution in [0.3, 0.4) is 0 Å². The van der Waals surface area contributed by atoms with Crippen LogP contribution >= 0.6 is 0 Å². The predicted octanol–water partition coefficient (Wildman–Crippen LogP) is 2.30. The van der Waals surface area contributed by atoms with Crippen LogP contribution in [0.5, 0.6) is 0 Å². The topological polar surface area (TPSA) is 55.4 Å². The van der Waals surface area contributed by atoms with E-state index in [0.29, 0.717) is 19.8 Å². The molecule has 0 spiro atoms. The Labute approximate surface area is 140 Å². The van der Waals surface area contributed by atoms with E-state index in [2.05, 4.69) is 20.8 Å². The predicted molar refractivity (Wildman–Crippen MR) is 86.9 cm³/mol. The molecule has 3 atom stereocenters. The van der Waals surface area contributed by atoms with Gasteiger partial charge in [0.15, 0.2) is 0 Å². The molecule has 132 valence electrons. The third-order valence-electron chi connectivity index (χ3n) is 3.33. The first-order chi connectivity index (χ1) is 10.6. The second kappa shape index (κ2) is 14.9. The molecule has 0 heterocycles. The molecule has 3 unspecified atom stereocenters. The van der Waals surface area contributed by atoms with Crippen LogP contribution in [0.2, 0.25) is 0 Å². The van der Waals surface area contributed by atoms with E-state index in [4.69, 9.17) is 25.6 Å². The van der Waals surface area contributed by atoms with E-state index in [1.54, 1.807) is 21.3 Å². The molecule has 6 nitrogen and oxygen atoms in total. The standard InChI is InChI=1S/3C5H11O2.Al/c3*1-3-5(6)4-7-2;/h3*5H,3-4H2,1-2H3;/q3*-1;+3. The van der Waals surface area contributed by atoms with Gasteiger partial charge in [-0.3, -0.25) is 0 Å². The molecule has 22 heavy (non-hydrogen) atoms. The van der Waals surface area contributed by atoms with Gasteiger partial charge in [0.1, 0.15) is 0 Å². The Morgan fingerprint density at radius 2 is 0.864 bits per heavy atom. The molecule has 0 saturated carbocycles. The fourth-order valence-corrected chi connectivity index (χ4v) is 3.83.